The second kappa shape index (κ2) is 5.87. The average molecular weight is 276 g/mol. The molecule has 0 spiro atoms. The molecule has 0 aliphatic heterocycles. The van der Waals surface area contributed by atoms with Crippen LogP contribution in [-0.2, 0) is 4.79 Å². The number of Topliss-reactive ketones (excluding diaryl/α,β-unsaturated/α-hetero) is 1. The molecule has 5 atom stereocenters. The molecule has 3 rings (SSSR count). The molecule has 3 saturated carbocycles. The predicted octanol–water partition coefficient (Wildman–Crippen LogP) is 1.91. The highest BCUT2D eigenvalue weighted by atomic mass is 16.3. The highest BCUT2D eigenvalue weighted by molar-refractivity contribution is 5.87. The van der Waals surface area contributed by atoms with Crippen molar-refractivity contribution in [3.63, 3.8) is 0 Å². The lowest BCUT2D eigenvalue weighted by Crippen LogP contribution is -2.49. The van der Waals surface area contributed by atoms with Crippen LogP contribution in [0.3, 0.4) is 0 Å². The minimum absolute atomic E-state index is 0.107. The molecule has 0 aromatic carbocycles. The van der Waals surface area contributed by atoms with Crippen LogP contribution in [0.2, 0.25) is 0 Å². The number of hydrogen-bond donors (Lipinski definition) is 2. The molecule has 3 heteroatoms. The fourth-order valence-corrected chi connectivity index (χ4v) is 4.12. The number of carbonyl (C=O) groups is 1. The van der Waals surface area contributed by atoms with E-state index >= 15 is 0 Å². The van der Waals surface area contributed by atoms with E-state index in [-0.39, 0.29) is 17.8 Å². The van der Waals surface area contributed by atoms with E-state index in [1.165, 1.54) is 19.3 Å². The molecule has 0 amide bonds. The Labute approximate surface area is 120 Å². The molecule has 0 saturated heterocycles. The topological polar surface area (TPSA) is 57.5 Å². The van der Waals surface area contributed by atoms with E-state index < -0.39 is 12.2 Å². The number of rotatable bonds is 1. The maximum absolute atomic E-state index is 11.5. The van der Waals surface area contributed by atoms with Crippen LogP contribution in [0.25, 0.3) is 0 Å². The summed E-state index contributed by atoms with van der Waals surface area (Å²) in [6.07, 6.45) is 6.85. The van der Waals surface area contributed by atoms with E-state index in [4.69, 9.17) is 0 Å². The minimum Gasteiger partial charge on any atom is -0.392 e. The van der Waals surface area contributed by atoms with E-state index in [0.29, 0.717) is 24.5 Å². The molecule has 110 valence electrons. The van der Waals surface area contributed by atoms with Gasteiger partial charge in [0.1, 0.15) is 11.9 Å². The van der Waals surface area contributed by atoms with E-state index in [1.54, 1.807) is 0 Å². The van der Waals surface area contributed by atoms with Crippen molar-refractivity contribution in [2.75, 3.05) is 0 Å². The van der Waals surface area contributed by atoms with Gasteiger partial charge >= 0.3 is 0 Å². The standard InChI is InChI=1S/C17H24O3/c18-15(11-4-2-1-3-5-11)8-6-12-14-10-17(20)13(14)7-9-16(12)19/h11-16,18-19H,1-5,7,9-10H2/t12-,13+,14-,15+,16-/m0/s1. The van der Waals surface area contributed by atoms with Gasteiger partial charge in [0.15, 0.2) is 0 Å². The molecule has 3 aliphatic carbocycles. The molecule has 0 heterocycles. The maximum Gasteiger partial charge on any atom is 0.136 e. The van der Waals surface area contributed by atoms with Crippen LogP contribution in [0.5, 0.6) is 0 Å². The lowest BCUT2D eigenvalue weighted by atomic mass is 9.59. The monoisotopic (exact) mass is 276 g/mol. The molecule has 0 aromatic heterocycles. The molecular weight excluding hydrogens is 252 g/mol. The van der Waals surface area contributed by atoms with Gasteiger partial charge in [0.2, 0.25) is 0 Å². The van der Waals surface area contributed by atoms with Gasteiger partial charge < -0.3 is 10.2 Å². The van der Waals surface area contributed by atoms with Gasteiger partial charge in [0, 0.05) is 12.3 Å². The van der Waals surface area contributed by atoms with Crippen molar-refractivity contribution >= 4 is 5.78 Å². The van der Waals surface area contributed by atoms with E-state index in [2.05, 4.69) is 11.8 Å². The van der Waals surface area contributed by atoms with Gasteiger partial charge in [-0.2, -0.15) is 0 Å². The maximum atomic E-state index is 11.5. The smallest absolute Gasteiger partial charge is 0.136 e. The summed E-state index contributed by atoms with van der Waals surface area (Å²) in [7, 11) is 0. The number of ketones is 1. The second-order valence-corrected chi connectivity index (χ2v) is 6.74. The summed E-state index contributed by atoms with van der Waals surface area (Å²) in [4.78, 5) is 11.5. The lowest BCUT2D eigenvalue weighted by molar-refractivity contribution is -0.141. The fourth-order valence-electron chi connectivity index (χ4n) is 4.12. The van der Waals surface area contributed by atoms with Crippen molar-refractivity contribution in [3.8, 4) is 11.8 Å². The third-order valence-corrected chi connectivity index (χ3v) is 5.51. The van der Waals surface area contributed by atoms with E-state index in [1.807, 2.05) is 0 Å². The quantitative estimate of drug-likeness (QED) is 0.719. The van der Waals surface area contributed by atoms with Crippen molar-refractivity contribution in [2.24, 2.45) is 23.7 Å². The Morgan fingerprint density at radius 2 is 1.85 bits per heavy atom. The Balaban J connectivity index is 1.63. The van der Waals surface area contributed by atoms with Gasteiger partial charge in [0.25, 0.3) is 0 Å². The zero-order valence-corrected chi connectivity index (χ0v) is 11.9. The summed E-state index contributed by atoms with van der Waals surface area (Å²) in [5, 5.41) is 20.3. The fraction of sp³-hybridized carbons (Fsp3) is 0.824. The molecule has 3 fully saturated rings. The van der Waals surface area contributed by atoms with E-state index in [9.17, 15) is 15.0 Å². The third kappa shape index (κ3) is 2.64. The number of carbonyl (C=O) groups excluding carboxylic acids is 1. The zero-order valence-electron chi connectivity index (χ0n) is 11.9. The molecule has 0 radical (unpaired) electrons. The highest BCUT2D eigenvalue weighted by Crippen LogP contribution is 2.45. The average Bonchev–Trinajstić information content (AvgIpc) is 2.46. The first-order valence-corrected chi connectivity index (χ1v) is 8.06. The SMILES string of the molecule is O=C1C[C@H]2[C@H](C#C[C@@H](O)C3CCCCC3)[C@@H](O)CC[C@@H]12. The van der Waals surface area contributed by atoms with Crippen molar-refractivity contribution in [3.05, 3.63) is 0 Å². The Kier molecular flexibility index (Phi) is 4.14. The van der Waals surface area contributed by atoms with Crippen molar-refractivity contribution in [2.45, 2.75) is 63.6 Å². The summed E-state index contributed by atoms with van der Waals surface area (Å²) in [6, 6.07) is 0. The van der Waals surface area contributed by atoms with Crippen LogP contribution < -0.4 is 0 Å². The van der Waals surface area contributed by atoms with Gasteiger partial charge in [-0.15, -0.1) is 0 Å². The first-order chi connectivity index (χ1) is 9.66. The summed E-state index contributed by atoms with van der Waals surface area (Å²) in [5.74, 6) is 7.00. The molecule has 0 unspecified atom stereocenters. The van der Waals surface area contributed by atoms with Crippen LogP contribution in [0.15, 0.2) is 0 Å². The van der Waals surface area contributed by atoms with Crippen molar-refractivity contribution in [1.82, 2.24) is 0 Å². The molecule has 20 heavy (non-hydrogen) atoms. The van der Waals surface area contributed by atoms with Crippen LogP contribution in [-0.4, -0.2) is 28.2 Å². The van der Waals surface area contributed by atoms with E-state index in [0.717, 1.165) is 19.3 Å². The lowest BCUT2D eigenvalue weighted by Gasteiger charge is -2.44. The zero-order chi connectivity index (χ0) is 14.1. The summed E-state index contributed by atoms with van der Waals surface area (Å²) >= 11 is 0. The van der Waals surface area contributed by atoms with Crippen LogP contribution in [0.1, 0.15) is 51.4 Å². The van der Waals surface area contributed by atoms with Gasteiger partial charge in [-0.1, -0.05) is 31.1 Å². The molecule has 3 aliphatic rings. The Hall–Kier alpha value is -0.850. The van der Waals surface area contributed by atoms with Crippen LogP contribution in [0.4, 0.5) is 0 Å². The van der Waals surface area contributed by atoms with Crippen molar-refractivity contribution in [1.29, 1.82) is 0 Å². The Morgan fingerprint density at radius 1 is 1.10 bits per heavy atom. The summed E-state index contributed by atoms with van der Waals surface area (Å²) in [6.45, 7) is 0. The molecular formula is C17H24O3. The number of hydrogen-bond acceptors (Lipinski definition) is 3. The Morgan fingerprint density at radius 3 is 2.55 bits per heavy atom. The molecule has 0 bridgehead atoms. The molecule has 2 N–H and O–H groups in total. The van der Waals surface area contributed by atoms with Gasteiger partial charge in [-0.3, -0.25) is 4.79 Å². The van der Waals surface area contributed by atoms with Crippen molar-refractivity contribution < 1.29 is 15.0 Å². The number of aliphatic hydroxyl groups excluding tert-OH is 2. The first-order valence-electron chi connectivity index (χ1n) is 8.06. The summed E-state index contributed by atoms with van der Waals surface area (Å²) < 4.78 is 0. The molecule has 0 aromatic rings. The highest BCUT2D eigenvalue weighted by Gasteiger charge is 2.48. The summed E-state index contributed by atoms with van der Waals surface area (Å²) in [5.41, 5.74) is 0. The largest absolute Gasteiger partial charge is 0.392 e. The van der Waals surface area contributed by atoms with Crippen LogP contribution >= 0.6 is 0 Å². The predicted molar refractivity (Wildman–Crippen MR) is 75.7 cm³/mol. The van der Waals surface area contributed by atoms with Gasteiger partial charge in [0.05, 0.1) is 12.0 Å². The minimum atomic E-state index is -0.557. The number of aliphatic hydroxyl groups is 2. The second-order valence-electron chi connectivity index (χ2n) is 6.74. The van der Waals surface area contributed by atoms with Crippen LogP contribution in [0, 0.1) is 35.5 Å². The Bertz CT molecular complexity index is 427. The number of fused-ring (bicyclic) bond motifs is 1. The van der Waals surface area contributed by atoms with Gasteiger partial charge in [-0.25, -0.2) is 0 Å². The molecule has 3 nitrogen and oxygen atoms in total. The third-order valence-electron chi connectivity index (χ3n) is 5.51. The van der Waals surface area contributed by atoms with Gasteiger partial charge in [-0.05, 0) is 37.5 Å². The first kappa shape index (κ1) is 14.1. The normalized spacial score (nSPS) is 39.2.